The first-order valence-corrected chi connectivity index (χ1v) is 10.0. The predicted molar refractivity (Wildman–Crippen MR) is 111 cm³/mol. The molecule has 0 saturated heterocycles. The number of hydrogen-bond acceptors (Lipinski definition) is 5. The summed E-state index contributed by atoms with van der Waals surface area (Å²) in [6.45, 7) is 5.60. The topological polar surface area (TPSA) is 69.7 Å². The van der Waals surface area contributed by atoms with E-state index in [2.05, 4.69) is 6.92 Å². The largest absolute Gasteiger partial charge is 0.459 e. The standard InChI is InChI=1S/C24H28O5/c1-4-5-16-21(17(2)28-23(26)20-14-10-7-11-15-20)18(3)29-24(27)22(25)19-12-8-6-9-13-19/h6-15,17-18,21H,4-5,16H2,1-3H3. The number of hydrogen-bond donors (Lipinski definition) is 0. The Morgan fingerprint density at radius 1 is 0.793 bits per heavy atom. The van der Waals surface area contributed by atoms with Crippen LogP contribution in [-0.4, -0.2) is 29.9 Å². The SMILES string of the molecule is CCCCC(C(C)OC(=O)C(=O)c1ccccc1)C(C)OC(=O)c1ccccc1. The van der Waals surface area contributed by atoms with E-state index in [1.165, 1.54) is 0 Å². The molecule has 29 heavy (non-hydrogen) atoms. The lowest BCUT2D eigenvalue weighted by molar-refractivity contribution is -0.147. The second-order valence-corrected chi connectivity index (χ2v) is 7.09. The molecule has 0 bridgehead atoms. The number of esters is 2. The van der Waals surface area contributed by atoms with Gasteiger partial charge >= 0.3 is 11.9 Å². The van der Waals surface area contributed by atoms with E-state index < -0.39 is 29.9 Å². The van der Waals surface area contributed by atoms with E-state index in [0.29, 0.717) is 17.5 Å². The lowest BCUT2D eigenvalue weighted by Crippen LogP contribution is -2.36. The van der Waals surface area contributed by atoms with Crippen LogP contribution in [0.2, 0.25) is 0 Å². The molecule has 3 atom stereocenters. The molecule has 0 radical (unpaired) electrons. The molecule has 0 aliphatic rings. The minimum absolute atomic E-state index is 0.213. The monoisotopic (exact) mass is 396 g/mol. The van der Waals surface area contributed by atoms with Crippen molar-refractivity contribution in [3.05, 3.63) is 71.8 Å². The fourth-order valence-corrected chi connectivity index (χ4v) is 3.21. The first-order chi connectivity index (χ1) is 13.9. The van der Waals surface area contributed by atoms with Crippen LogP contribution in [0.1, 0.15) is 60.7 Å². The van der Waals surface area contributed by atoms with Crippen molar-refractivity contribution >= 4 is 17.7 Å². The Bertz CT molecular complexity index is 801. The number of ether oxygens (including phenoxy) is 2. The van der Waals surface area contributed by atoms with Crippen LogP contribution in [0.3, 0.4) is 0 Å². The molecular formula is C24H28O5. The van der Waals surface area contributed by atoms with Crippen molar-refractivity contribution in [1.82, 2.24) is 0 Å². The van der Waals surface area contributed by atoms with Gasteiger partial charge in [0.1, 0.15) is 12.2 Å². The quantitative estimate of drug-likeness (QED) is 0.326. The van der Waals surface area contributed by atoms with Crippen molar-refractivity contribution in [2.45, 2.75) is 52.2 Å². The molecule has 3 unspecified atom stereocenters. The molecule has 0 N–H and O–H groups in total. The summed E-state index contributed by atoms with van der Waals surface area (Å²) in [6.07, 6.45) is 1.53. The van der Waals surface area contributed by atoms with Crippen molar-refractivity contribution in [3.63, 3.8) is 0 Å². The molecule has 2 aromatic rings. The van der Waals surface area contributed by atoms with Gasteiger partial charge in [0.05, 0.1) is 5.56 Å². The Morgan fingerprint density at radius 2 is 1.31 bits per heavy atom. The molecule has 154 valence electrons. The Labute approximate surface area is 172 Å². The summed E-state index contributed by atoms with van der Waals surface area (Å²) in [5.74, 6) is -2.21. The van der Waals surface area contributed by atoms with Crippen molar-refractivity contribution in [1.29, 1.82) is 0 Å². The molecule has 5 nitrogen and oxygen atoms in total. The van der Waals surface area contributed by atoms with Gasteiger partial charge in [0.25, 0.3) is 5.78 Å². The Balaban J connectivity index is 2.04. The number of ketones is 1. The van der Waals surface area contributed by atoms with Gasteiger partial charge in [-0.25, -0.2) is 9.59 Å². The summed E-state index contributed by atoms with van der Waals surface area (Å²) < 4.78 is 11.1. The maximum atomic E-state index is 12.4. The average molecular weight is 396 g/mol. The van der Waals surface area contributed by atoms with Crippen molar-refractivity contribution < 1.29 is 23.9 Å². The maximum absolute atomic E-state index is 12.4. The maximum Gasteiger partial charge on any atom is 0.379 e. The molecule has 0 spiro atoms. The highest BCUT2D eigenvalue weighted by molar-refractivity contribution is 6.40. The van der Waals surface area contributed by atoms with Gasteiger partial charge in [-0.1, -0.05) is 68.3 Å². The summed E-state index contributed by atoms with van der Waals surface area (Å²) in [4.78, 5) is 37.0. The molecule has 0 fully saturated rings. The summed E-state index contributed by atoms with van der Waals surface area (Å²) in [7, 11) is 0. The Hall–Kier alpha value is -2.95. The zero-order valence-corrected chi connectivity index (χ0v) is 17.2. The van der Waals surface area contributed by atoms with E-state index in [-0.39, 0.29) is 5.92 Å². The van der Waals surface area contributed by atoms with Gasteiger partial charge in [0.15, 0.2) is 0 Å². The van der Waals surface area contributed by atoms with Crippen LogP contribution in [0.15, 0.2) is 60.7 Å². The fourth-order valence-electron chi connectivity index (χ4n) is 3.21. The molecule has 0 heterocycles. The number of unbranched alkanes of at least 4 members (excludes halogenated alkanes) is 1. The van der Waals surface area contributed by atoms with Crippen LogP contribution in [-0.2, 0) is 14.3 Å². The third-order valence-electron chi connectivity index (χ3n) is 4.91. The molecule has 5 heteroatoms. The first-order valence-electron chi connectivity index (χ1n) is 10.0. The summed E-state index contributed by atoms with van der Waals surface area (Å²) in [5, 5.41) is 0. The van der Waals surface area contributed by atoms with Crippen LogP contribution in [0.25, 0.3) is 0 Å². The van der Waals surface area contributed by atoms with Crippen LogP contribution in [0.4, 0.5) is 0 Å². The first kappa shape index (κ1) is 22.3. The number of rotatable bonds is 10. The minimum Gasteiger partial charge on any atom is -0.459 e. The third kappa shape index (κ3) is 6.56. The highest BCUT2D eigenvalue weighted by atomic mass is 16.6. The van der Waals surface area contributed by atoms with Crippen LogP contribution >= 0.6 is 0 Å². The van der Waals surface area contributed by atoms with E-state index >= 15 is 0 Å². The molecule has 0 aromatic heterocycles. The van der Waals surface area contributed by atoms with E-state index in [4.69, 9.17) is 9.47 Å². The van der Waals surface area contributed by atoms with Gasteiger partial charge < -0.3 is 9.47 Å². The zero-order valence-electron chi connectivity index (χ0n) is 17.2. The molecule has 2 rings (SSSR count). The van der Waals surface area contributed by atoms with Crippen molar-refractivity contribution in [2.75, 3.05) is 0 Å². The van der Waals surface area contributed by atoms with Crippen LogP contribution < -0.4 is 0 Å². The van der Waals surface area contributed by atoms with Gasteiger partial charge in [-0.2, -0.15) is 0 Å². The smallest absolute Gasteiger partial charge is 0.379 e. The zero-order chi connectivity index (χ0) is 21.2. The molecule has 0 aliphatic heterocycles. The van der Waals surface area contributed by atoms with Gasteiger partial charge in [0.2, 0.25) is 0 Å². The lowest BCUT2D eigenvalue weighted by Gasteiger charge is -2.29. The van der Waals surface area contributed by atoms with E-state index in [0.717, 1.165) is 12.8 Å². The predicted octanol–water partition coefficient (Wildman–Crippen LogP) is 4.85. The second-order valence-electron chi connectivity index (χ2n) is 7.09. The van der Waals surface area contributed by atoms with Crippen LogP contribution in [0.5, 0.6) is 0 Å². The normalized spacial score (nSPS) is 13.8. The second kappa shape index (κ2) is 11.1. The number of Topliss-reactive ketones (excluding diaryl/α,β-unsaturated/α-hetero) is 1. The molecule has 2 aromatic carbocycles. The van der Waals surface area contributed by atoms with Crippen molar-refractivity contribution in [2.24, 2.45) is 5.92 Å². The van der Waals surface area contributed by atoms with E-state index in [1.54, 1.807) is 68.4 Å². The Morgan fingerprint density at radius 3 is 1.86 bits per heavy atom. The Kier molecular flexibility index (Phi) is 8.59. The van der Waals surface area contributed by atoms with Gasteiger partial charge in [-0.05, 0) is 32.4 Å². The number of benzene rings is 2. The average Bonchev–Trinajstić information content (AvgIpc) is 2.74. The third-order valence-corrected chi connectivity index (χ3v) is 4.91. The van der Waals surface area contributed by atoms with Crippen molar-refractivity contribution in [3.8, 4) is 0 Å². The highest BCUT2D eigenvalue weighted by Crippen LogP contribution is 2.23. The van der Waals surface area contributed by atoms with Gasteiger partial charge in [-0.15, -0.1) is 0 Å². The van der Waals surface area contributed by atoms with E-state index in [9.17, 15) is 14.4 Å². The summed E-state index contributed by atoms with van der Waals surface area (Å²) in [5.41, 5.74) is 0.760. The molecule has 0 amide bonds. The number of carbonyl (C=O) groups is 3. The summed E-state index contributed by atoms with van der Waals surface area (Å²) >= 11 is 0. The molecular weight excluding hydrogens is 368 g/mol. The number of carbonyl (C=O) groups excluding carboxylic acids is 3. The summed E-state index contributed by atoms with van der Waals surface area (Å²) in [6, 6.07) is 17.1. The van der Waals surface area contributed by atoms with Gasteiger partial charge in [-0.3, -0.25) is 4.79 Å². The van der Waals surface area contributed by atoms with Crippen LogP contribution in [0, 0.1) is 5.92 Å². The lowest BCUT2D eigenvalue weighted by atomic mass is 9.91. The molecule has 0 saturated carbocycles. The van der Waals surface area contributed by atoms with Gasteiger partial charge in [0, 0.05) is 11.5 Å². The highest BCUT2D eigenvalue weighted by Gasteiger charge is 2.31. The fraction of sp³-hybridized carbons (Fsp3) is 0.375. The minimum atomic E-state index is -0.896. The molecule has 0 aliphatic carbocycles. The van der Waals surface area contributed by atoms with E-state index in [1.807, 2.05) is 6.07 Å².